The van der Waals surface area contributed by atoms with Gasteiger partial charge in [0.25, 0.3) is 0 Å². The third kappa shape index (κ3) is 1.23. The summed E-state index contributed by atoms with van der Waals surface area (Å²) in [5.74, 6) is 0.349. The minimum atomic E-state index is -0.263. The average molecular weight is 238 g/mol. The highest BCUT2D eigenvalue weighted by Gasteiger charge is 2.66. The van der Waals surface area contributed by atoms with Crippen molar-refractivity contribution in [3.8, 4) is 0 Å². The Hall–Kier alpha value is -0.120. The smallest absolute Gasteiger partial charge is 0.168 e. The zero-order valence-corrected chi connectivity index (χ0v) is 10.8. The molecule has 0 unspecified atom stereocenters. The Balaban J connectivity index is 1.68. The molecule has 96 valence electrons. The summed E-state index contributed by atoms with van der Waals surface area (Å²) in [6.45, 7) is 6.26. The molecule has 0 radical (unpaired) electrons. The molecule has 1 spiro atoms. The van der Waals surface area contributed by atoms with Crippen LogP contribution >= 0.6 is 0 Å². The van der Waals surface area contributed by atoms with Crippen molar-refractivity contribution < 1.29 is 14.2 Å². The van der Waals surface area contributed by atoms with Gasteiger partial charge >= 0.3 is 0 Å². The van der Waals surface area contributed by atoms with Gasteiger partial charge in [-0.15, -0.1) is 0 Å². The highest BCUT2D eigenvalue weighted by molar-refractivity contribution is 5.14. The Morgan fingerprint density at radius 1 is 1.00 bits per heavy atom. The topological polar surface area (TPSA) is 27.7 Å². The lowest BCUT2D eigenvalue weighted by atomic mass is 9.56. The van der Waals surface area contributed by atoms with Gasteiger partial charge in [0.15, 0.2) is 5.79 Å². The lowest BCUT2D eigenvalue weighted by molar-refractivity contribution is -0.211. The fourth-order valence-electron chi connectivity index (χ4n) is 4.92. The first-order valence-electron chi connectivity index (χ1n) is 7.02. The monoisotopic (exact) mass is 238 g/mol. The van der Waals surface area contributed by atoms with E-state index in [-0.39, 0.29) is 11.4 Å². The number of ether oxygens (including phenoxy) is 3. The van der Waals surface area contributed by atoms with Gasteiger partial charge in [0.1, 0.15) is 0 Å². The molecule has 3 heteroatoms. The van der Waals surface area contributed by atoms with Gasteiger partial charge in [-0.3, -0.25) is 0 Å². The fourth-order valence-corrected chi connectivity index (χ4v) is 4.92. The molecule has 0 aromatic rings. The van der Waals surface area contributed by atoms with Gasteiger partial charge in [-0.1, -0.05) is 6.92 Å². The molecule has 0 aromatic heterocycles. The van der Waals surface area contributed by atoms with Crippen LogP contribution in [0.25, 0.3) is 0 Å². The van der Waals surface area contributed by atoms with Crippen LogP contribution in [0.4, 0.5) is 0 Å². The molecule has 0 N–H and O–H groups in total. The number of fused-ring (bicyclic) bond motifs is 5. The molecule has 3 nitrogen and oxygen atoms in total. The third-order valence-electron chi connectivity index (χ3n) is 5.96. The van der Waals surface area contributed by atoms with Crippen LogP contribution in [0.5, 0.6) is 0 Å². The van der Waals surface area contributed by atoms with Crippen LogP contribution in [0.3, 0.4) is 0 Å². The first kappa shape index (κ1) is 10.8. The molecule has 3 aliphatic heterocycles. The van der Waals surface area contributed by atoms with Crippen LogP contribution < -0.4 is 0 Å². The van der Waals surface area contributed by atoms with E-state index in [4.69, 9.17) is 14.2 Å². The van der Waals surface area contributed by atoms with Gasteiger partial charge < -0.3 is 14.2 Å². The standard InChI is InChI=1S/C14H22O3/c1-12-5-6-14(15-7-8-16-14)9-10(12)13(2)4-3-11(12)17-13/h10-11H,3-9H2,1-2H3/t10-,11-,12-,13-/m1/s1. The molecule has 2 bridgehead atoms. The Bertz CT molecular complexity index is 349. The third-order valence-corrected chi connectivity index (χ3v) is 5.96. The van der Waals surface area contributed by atoms with E-state index in [2.05, 4.69) is 13.8 Å². The fraction of sp³-hybridized carbons (Fsp3) is 1.00. The van der Waals surface area contributed by atoms with Gasteiger partial charge in [-0.25, -0.2) is 0 Å². The van der Waals surface area contributed by atoms with Crippen molar-refractivity contribution in [1.82, 2.24) is 0 Å². The van der Waals surface area contributed by atoms with E-state index in [1.165, 1.54) is 19.3 Å². The van der Waals surface area contributed by atoms with Crippen LogP contribution in [0, 0.1) is 11.3 Å². The van der Waals surface area contributed by atoms with Crippen molar-refractivity contribution >= 4 is 0 Å². The molecule has 1 aliphatic carbocycles. The van der Waals surface area contributed by atoms with Crippen LogP contribution in [-0.2, 0) is 14.2 Å². The Morgan fingerprint density at radius 3 is 2.53 bits per heavy atom. The van der Waals surface area contributed by atoms with Crippen molar-refractivity contribution in [3.05, 3.63) is 0 Å². The van der Waals surface area contributed by atoms with Gasteiger partial charge in [0.2, 0.25) is 0 Å². The normalized spacial score (nSPS) is 55.4. The van der Waals surface area contributed by atoms with Crippen LogP contribution in [0.1, 0.15) is 46.0 Å². The average Bonchev–Trinajstić information content (AvgIpc) is 2.95. The van der Waals surface area contributed by atoms with E-state index < -0.39 is 0 Å². The molecule has 0 amide bonds. The summed E-state index contributed by atoms with van der Waals surface area (Å²) in [6.07, 6.45) is 6.23. The van der Waals surface area contributed by atoms with Crippen LogP contribution in [0.2, 0.25) is 0 Å². The predicted octanol–water partition coefficient (Wildman–Crippen LogP) is 2.49. The molecule has 4 rings (SSSR count). The molecule has 3 saturated heterocycles. The van der Waals surface area contributed by atoms with E-state index >= 15 is 0 Å². The van der Waals surface area contributed by atoms with E-state index in [1.54, 1.807) is 0 Å². The first-order chi connectivity index (χ1) is 8.07. The van der Waals surface area contributed by atoms with Crippen molar-refractivity contribution in [1.29, 1.82) is 0 Å². The molecule has 1 saturated carbocycles. The Labute approximate surface area is 103 Å². The molecule has 4 atom stereocenters. The summed E-state index contributed by atoms with van der Waals surface area (Å²) < 4.78 is 18.1. The highest BCUT2D eigenvalue weighted by Crippen LogP contribution is 2.65. The zero-order chi connectivity index (χ0) is 11.7. The summed E-state index contributed by atoms with van der Waals surface area (Å²) >= 11 is 0. The second-order valence-electron chi connectivity index (χ2n) is 6.83. The van der Waals surface area contributed by atoms with Gasteiger partial charge in [0.05, 0.1) is 24.9 Å². The van der Waals surface area contributed by atoms with Crippen molar-refractivity contribution in [2.45, 2.75) is 63.4 Å². The van der Waals surface area contributed by atoms with Gasteiger partial charge in [0, 0.05) is 18.8 Å². The summed E-state index contributed by atoms with van der Waals surface area (Å²) in [5.41, 5.74) is 0.454. The number of hydrogen-bond acceptors (Lipinski definition) is 3. The summed E-state index contributed by atoms with van der Waals surface area (Å²) in [6, 6.07) is 0. The van der Waals surface area contributed by atoms with Crippen molar-refractivity contribution in [2.75, 3.05) is 13.2 Å². The number of hydrogen-bond donors (Lipinski definition) is 0. The Kier molecular flexibility index (Phi) is 1.94. The summed E-state index contributed by atoms with van der Waals surface area (Å²) in [5, 5.41) is 0. The summed E-state index contributed by atoms with van der Waals surface area (Å²) in [7, 11) is 0. The molecule has 4 aliphatic rings. The number of rotatable bonds is 0. The minimum absolute atomic E-state index is 0.0855. The molecule has 17 heavy (non-hydrogen) atoms. The molecular weight excluding hydrogens is 216 g/mol. The molecular formula is C14H22O3. The maximum Gasteiger partial charge on any atom is 0.168 e. The SMILES string of the molecule is C[C@@]12CCC3(C[C@H]1[C@@]1(C)CC[C@H]2O1)OCCO3. The van der Waals surface area contributed by atoms with E-state index in [9.17, 15) is 0 Å². The van der Waals surface area contributed by atoms with E-state index in [0.717, 1.165) is 26.1 Å². The van der Waals surface area contributed by atoms with E-state index in [0.29, 0.717) is 17.4 Å². The first-order valence-corrected chi connectivity index (χ1v) is 7.02. The quantitative estimate of drug-likeness (QED) is 0.649. The second-order valence-corrected chi connectivity index (χ2v) is 6.83. The van der Waals surface area contributed by atoms with Gasteiger partial charge in [-0.2, -0.15) is 0 Å². The highest BCUT2D eigenvalue weighted by atomic mass is 16.7. The van der Waals surface area contributed by atoms with E-state index in [1.807, 2.05) is 0 Å². The maximum atomic E-state index is 6.30. The minimum Gasteiger partial charge on any atom is -0.371 e. The molecule has 3 heterocycles. The lowest BCUT2D eigenvalue weighted by Gasteiger charge is -2.50. The van der Waals surface area contributed by atoms with Crippen LogP contribution in [0.15, 0.2) is 0 Å². The lowest BCUT2D eigenvalue weighted by Crippen LogP contribution is -2.52. The predicted molar refractivity (Wildman–Crippen MR) is 62.6 cm³/mol. The molecule has 4 fully saturated rings. The second kappa shape index (κ2) is 3.06. The van der Waals surface area contributed by atoms with Crippen LogP contribution in [-0.4, -0.2) is 30.7 Å². The summed E-state index contributed by atoms with van der Waals surface area (Å²) in [4.78, 5) is 0. The largest absolute Gasteiger partial charge is 0.371 e. The van der Waals surface area contributed by atoms with Gasteiger partial charge in [-0.05, 0) is 31.6 Å². The van der Waals surface area contributed by atoms with Crippen molar-refractivity contribution in [3.63, 3.8) is 0 Å². The van der Waals surface area contributed by atoms with Crippen molar-refractivity contribution in [2.24, 2.45) is 11.3 Å². The molecule has 0 aromatic carbocycles. The Morgan fingerprint density at radius 2 is 1.76 bits per heavy atom. The maximum absolute atomic E-state index is 6.30. The zero-order valence-electron chi connectivity index (χ0n) is 10.8.